The molecule has 92 valence electrons. The summed E-state index contributed by atoms with van der Waals surface area (Å²) in [5, 5.41) is 0. The van der Waals surface area contributed by atoms with Gasteiger partial charge in [-0.05, 0) is 30.5 Å². The normalized spacial score (nSPS) is 8.12. The molecule has 0 N–H and O–H groups in total. The maximum atomic E-state index is 4.19. The highest BCUT2D eigenvalue weighted by Crippen LogP contribution is 2.10. The van der Waals surface area contributed by atoms with E-state index in [1.165, 1.54) is 12.0 Å². The molecular formula is C15H27N. The average molecular weight is 221 g/mol. The van der Waals surface area contributed by atoms with Crippen molar-refractivity contribution in [1.82, 2.24) is 4.98 Å². The quantitative estimate of drug-likeness (QED) is 0.682. The first-order chi connectivity index (χ1) is 7.69. The molecule has 0 bridgehead atoms. The molecule has 16 heavy (non-hydrogen) atoms. The molecule has 0 atom stereocenters. The molecule has 0 aliphatic rings. The van der Waals surface area contributed by atoms with Gasteiger partial charge in [0.15, 0.2) is 0 Å². The van der Waals surface area contributed by atoms with Crippen molar-refractivity contribution >= 4 is 6.08 Å². The van der Waals surface area contributed by atoms with Crippen LogP contribution in [0.2, 0.25) is 0 Å². The van der Waals surface area contributed by atoms with E-state index in [2.05, 4.69) is 38.4 Å². The van der Waals surface area contributed by atoms with Gasteiger partial charge in [0.25, 0.3) is 0 Å². The predicted molar refractivity (Wildman–Crippen MR) is 75.8 cm³/mol. The molecule has 0 unspecified atom stereocenters. The SMILES string of the molecule is C=Cc1cnc(C)cc1CC.CC.CCC. The molecule has 0 radical (unpaired) electrons. The zero-order chi connectivity index (χ0) is 13.0. The summed E-state index contributed by atoms with van der Waals surface area (Å²) in [6.07, 6.45) is 6.02. The summed E-state index contributed by atoms with van der Waals surface area (Å²) >= 11 is 0. The first-order valence-corrected chi connectivity index (χ1v) is 6.27. The molecule has 1 aromatic heterocycles. The van der Waals surface area contributed by atoms with Crippen LogP contribution in [0.5, 0.6) is 0 Å². The first kappa shape index (κ1) is 17.3. The van der Waals surface area contributed by atoms with Crippen molar-refractivity contribution in [1.29, 1.82) is 0 Å². The van der Waals surface area contributed by atoms with Gasteiger partial charge in [-0.2, -0.15) is 0 Å². The summed E-state index contributed by atoms with van der Waals surface area (Å²) < 4.78 is 0. The smallest absolute Gasteiger partial charge is 0.0375 e. The summed E-state index contributed by atoms with van der Waals surface area (Å²) in [5.74, 6) is 0. The number of hydrogen-bond donors (Lipinski definition) is 0. The molecule has 0 amide bonds. The largest absolute Gasteiger partial charge is 0.261 e. The van der Waals surface area contributed by atoms with E-state index >= 15 is 0 Å². The minimum Gasteiger partial charge on any atom is -0.261 e. The van der Waals surface area contributed by atoms with Crippen molar-refractivity contribution in [2.24, 2.45) is 0 Å². The number of hydrogen-bond acceptors (Lipinski definition) is 1. The van der Waals surface area contributed by atoms with Crippen LogP contribution >= 0.6 is 0 Å². The van der Waals surface area contributed by atoms with Crippen LogP contribution in [0, 0.1) is 6.92 Å². The fourth-order valence-electron chi connectivity index (χ4n) is 1.12. The Hall–Kier alpha value is -1.11. The van der Waals surface area contributed by atoms with Gasteiger partial charge >= 0.3 is 0 Å². The van der Waals surface area contributed by atoms with E-state index in [4.69, 9.17) is 0 Å². The number of rotatable bonds is 2. The van der Waals surface area contributed by atoms with E-state index < -0.39 is 0 Å². The zero-order valence-corrected chi connectivity index (χ0v) is 11.8. The van der Waals surface area contributed by atoms with E-state index in [0.29, 0.717) is 0 Å². The third-order valence-electron chi connectivity index (χ3n) is 1.76. The van der Waals surface area contributed by atoms with Crippen LogP contribution in [0.1, 0.15) is 57.9 Å². The van der Waals surface area contributed by atoms with Gasteiger partial charge in [0, 0.05) is 11.9 Å². The van der Waals surface area contributed by atoms with Gasteiger partial charge < -0.3 is 0 Å². The minimum atomic E-state index is 1.05. The molecule has 0 aliphatic heterocycles. The number of aromatic nitrogens is 1. The fourth-order valence-corrected chi connectivity index (χ4v) is 1.12. The highest BCUT2D eigenvalue weighted by molar-refractivity contribution is 5.50. The van der Waals surface area contributed by atoms with Gasteiger partial charge in [0.2, 0.25) is 0 Å². The van der Waals surface area contributed by atoms with Crippen LogP contribution in [0.15, 0.2) is 18.8 Å². The molecule has 1 nitrogen and oxygen atoms in total. The van der Waals surface area contributed by atoms with Crippen molar-refractivity contribution in [3.8, 4) is 0 Å². The highest BCUT2D eigenvalue weighted by atomic mass is 14.7. The van der Waals surface area contributed by atoms with Gasteiger partial charge in [0.1, 0.15) is 0 Å². The Morgan fingerprint density at radius 1 is 1.25 bits per heavy atom. The lowest BCUT2D eigenvalue weighted by Gasteiger charge is -2.02. The Kier molecular flexibility index (Phi) is 12.9. The Morgan fingerprint density at radius 2 is 1.75 bits per heavy atom. The van der Waals surface area contributed by atoms with Crippen LogP contribution in [0.4, 0.5) is 0 Å². The van der Waals surface area contributed by atoms with Crippen LogP contribution in [-0.2, 0) is 6.42 Å². The second kappa shape index (κ2) is 12.0. The summed E-state index contributed by atoms with van der Waals surface area (Å²) in [6.45, 7) is 16.1. The zero-order valence-electron chi connectivity index (χ0n) is 11.8. The first-order valence-electron chi connectivity index (χ1n) is 6.27. The average Bonchev–Trinajstić information content (AvgIpc) is 2.32. The molecule has 1 rings (SSSR count). The second-order valence-corrected chi connectivity index (χ2v) is 3.29. The van der Waals surface area contributed by atoms with Gasteiger partial charge in [-0.3, -0.25) is 4.98 Å². The summed E-state index contributed by atoms with van der Waals surface area (Å²) in [7, 11) is 0. The molecule has 0 aliphatic carbocycles. The molecule has 0 fully saturated rings. The van der Waals surface area contributed by atoms with Gasteiger partial charge in [-0.25, -0.2) is 0 Å². The van der Waals surface area contributed by atoms with Gasteiger partial charge in [-0.15, -0.1) is 0 Å². The maximum Gasteiger partial charge on any atom is 0.0375 e. The minimum absolute atomic E-state index is 1.05. The molecule has 0 saturated carbocycles. The third-order valence-corrected chi connectivity index (χ3v) is 1.76. The van der Waals surface area contributed by atoms with Crippen LogP contribution < -0.4 is 0 Å². The van der Waals surface area contributed by atoms with Crippen LogP contribution in [0.25, 0.3) is 6.08 Å². The lowest BCUT2D eigenvalue weighted by atomic mass is 10.1. The number of aryl methyl sites for hydroxylation is 2. The van der Waals surface area contributed by atoms with E-state index in [-0.39, 0.29) is 0 Å². The third kappa shape index (κ3) is 7.22. The maximum absolute atomic E-state index is 4.19. The van der Waals surface area contributed by atoms with E-state index in [1.54, 1.807) is 0 Å². The van der Waals surface area contributed by atoms with Crippen LogP contribution in [-0.4, -0.2) is 4.98 Å². The lowest BCUT2D eigenvalue weighted by molar-refractivity contribution is 1.08. The molecule has 1 aromatic rings. The van der Waals surface area contributed by atoms with Gasteiger partial charge in [-0.1, -0.05) is 53.7 Å². The van der Waals surface area contributed by atoms with Crippen molar-refractivity contribution in [2.75, 3.05) is 0 Å². The number of nitrogens with zero attached hydrogens (tertiary/aromatic N) is 1. The molecule has 0 aromatic carbocycles. The van der Waals surface area contributed by atoms with Crippen LogP contribution in [0.3, 0.4) is 0 Å². The molecule has 0 saturated heterocycles. The van der Waals surface area contributed by atoms with Gasteiger partial charge in [0.05, 0.1) is 0 Å². The second-order valence-electron chi connectivity index (χ2n) is 3.29. The van der Waals surface area contributed by atoms with Crippen molar-refractivity contribution in [3.05, 3.63) is 35.7 Å². The fraction of sp³-hybridized carbons (Fsp3) is 0.533. The predicted octanol–water partition coefficient (Wildman–Crippen LogP) is 5.04. The Labute approximate surface area is 102 Å². The standard InChI is InChI=1S/C10H13N.C3H8.C2H6/c1-4-9-6-8(3)11-7-10(9)5-2;1-3-2;1-2/h5-7H,2,4H2,1,3H3;3H2,1-2H3;1-2H3. The summed E-state index contributed by atoms with van der Waals surface area (Å²) in [4.78, 5) is 4.19. The molecule has 1 heteroatoms. The van der Waals surface area contributed by atoms with E-state index in [1.807, 2.05) is 33.0 Å². The molecule has 0 spiro atoms. The van der Waals surface area contributed by atoms with Crippen molar-refractivity contribution in [3.63, 3.8) is 0 Å². The highest BCUT2D eigenvalue weighted by Gasteiger charge is 1.96. The monoisotopic (exact) mass is 221 g/mol. The summed E-state index contributed by atoms with van der Waals surface area (Å²) in [5.41, 5.74) is 3.55. The Bertz CT molecular complexity index is 277. The molecule has 1 heterocycles. The van der Waals surface area contributed by atoms with E-state index in [9.17, 15) is 0 Å². The molecular weight excluding hydrogens is 194 g/mol. The topological polar surface area (TPSA) is 12.9 Å². The van der Waals surface area contributed by atoms with E-state index in [0.717, 1.165) is 17.7 Å². The number of pyridine rings is 1. The summed E-state index contributed by atoms with van der Waals surface area (Å²) in [6, 6.07) is 2.11. The Morgan fingerprint density at radius 3 is 2.12 bits per heavy atom. The van der Waals surface area contributed by atoms with Crippen molar-refractivity contribution in [2.45, 2.75) is 54.4 Å². The van der Waals surface area contributed by atoms with Crippen molar-refractivity contribution < 1.29 is 0 Å². The Balaban J connectivity index is 0. The lowest BCUT2D eigenvalue weighted by Crippen LogP contribution is -1.90.